The zero-order valence-electron chi connectivity index (χ0n) is 10.4. The second kappa shape index (κ2) is 5.61. The van der Waals surface area contributed by atoms with Gasteiger partial charge in [-0.1, -0.05) is 0 Å². The average Bonchev–Trinajstić information content (AvgIpc) is 2.86. The van der Waals surface area contributed by atoms with E-state index >= 15 is 0 Å². The van der Waals surface area contributed by atoms with Crippen molar-refractivity contribution in [3.8, 4) is 0 Å². The summed E-state index contributed by atoms with van der Waals surface area (Å²) >= 11 is 1.37. The summed E-state index contributed by atoms with van der Waals surface area (Å²) in [6.07, 6.45) is 2.17. The molecule has 5 heteroatoms. The van der Waals surface area contributed by atoms with E-state index in [0.29, 0.717) is 0 Å². The number of thioether (sulfide) groups is 1. The predicted molar refractivity (Wildman–Crippen MR) is 71.9 cm³/mol. The van der Waals surface area contributed by atoms with E-state index in [2.05, 4.69) is 0 Å². The summed E-state index contributed by atoms with van der Waals surface area (Å²) in [5.74, 6) is -0.296. The van der Waals surface area contributed by atoms with Gasteiger partial charge in [-0.15, -0.1) is 11.8 Å². The van der Waals surface area contributed by atoms with E-state index in [9.17, 15) is 9.18 Å². The van der Waals surface area contributed by atoms with Crippen molar-refractivity contribution in [1.82, 2.24) is 4.90 Å². The number of halogens is 1. The van der Waals surface area contributed by atoms with Gasteiger partial charge in [-0.3, -0.25) is 4.79 Å². The van der Waals surface area contributed by atoms with Crippen molar-refractivity contribution >= 4 is 23.4 Å². The standard InChI is InChI=1S/C13H17FN2OS/c1-9(13(17)16-6-2-3-7-16)18-10-4-5-12(15)11(14)8-10/h4-5,8-9H,2-3,6-7,15H2,1H3. The second-order valence-corrected chi connectivity index (χ2v) is 5.89. The Kier molecular flexibility index (Phi) is 4.11. The largest absolute Gasteiger partial charge is 0.396 e. The van der Waals surface area contributed by atoms with E-state index in [-0.39, 0.29) is 16.8 Å². The fourth-order valence-electron chi connectivity index (χ4n) is 2.03. The first-order valence-corrected chi connectivity index (χ1v) is 6.96. The van der Waals surface area contributed by atoms with Gasteiger partial charge in [0.1, 0.15) is 5.82 Å². The zero-order valence-corrected chi connectivity index (χ0v) is 11.2. The van der Waals surface area contributed by atoms with Gasteiger partial charge < -0.3 is 10.6 Å². The lowest BCUT2D eigenvalue weighted by Crippen LogP contribution is -2.33. The Morgan fingerprint density at radius 3 is 2.72 bits per heavy atom. The number of nitrogens with zero attached hydrogens (tertiary/aromatic N) is 1. The van der Waals surface area contributed by atoms with Crippen LogP contribution in [0.1, 0.15) is 19.8 Å². The summed E-state index contributed by atoms with van der Waals surface area (Å²) < 4.78 is 13.3. The zero-order chi connectivity index (χ0) is 13.1. The van der Waals surface area contributed by atoms with Crippen LogP contribution in [0.3, 0.4) is 0 Å². The molecule has 1 aliphatic rings. The number of carbonyl (C=O) groups is 1. The summed E-state index contributed by atoms with van der Waals surface area (Å²) in [5, 5.41) is -0.189. The second-order valence-electron chi connectivity index (χ2n) is 4.48. The summed E-state index contributed by atoms with van der Waals surface area (Å²) in [5.41, 5.74) is 5.56. The highest BCUT2D eigenvalue weighted by atomic mass is 32.2. The molecule has 2 rings (SSSR count). The quantitative estimate of drug-likeness (QED) is 0.677. The smallest absolute Gasteiger partial charge is 0.235 e. The number of nitrogen functional groups attached to an aromatic ring is 1. The first kappa shape index (κ1) is 13.2. The van der Waals surface area contributed by atoms with Gasteiger partial charge in [0.05, 0.1) is 10.9 Å². The lowest BCUT2D eigenvalue weighted by Gasteiger charge is -2.19. The molecule has 1 saturated heterocycles. The van der Waals surface area contributed by atoms with Crippen LogP contribution in [0, 0.1) is 5.82 Å². The molecule has 0 radical (unpaired) electrons. The number of likely N-dealkylation sites (tertiary alicyclic amines) is 1. The van der Waals surface area contributed by atoms with Crippen molar-refractivity contribution in [2.24, 2.45) is 0 Å². The number of amides is 1. The van der Waals surface area contributed by atoms with Crippen LogP contribution >= 0.6 is 11.8 Å². The Morgan fingerprint density at radius 1 is 1.44 bits per heavy atom. The van der Waals surface area contributed by atoms with Crippen LogP contribution in [0.15, 0.2) is 23.1 Å². The molecule has 1 atom stereocenters. The SMILES string of the molecule is CC(Sc1ccc(N)c(F)c1)C(=O)N1CCCC1. The van der Waals surface area contributed by atoms with Gasteiger partial charge in [0, 0.05) is 18.0 Å². The molecule has 0 spiro atoms. The summed E-state index contributed by atoms with van der Waals surface area (Å²) in [6.45, 7) is 3.55. The molecule has 0 saturated carbocycles. The van der Waals surface area contributed by atoms with E-state index in [0.717, 1.165) is 30.8 Å². The fraction of sp³-hybridized carbons (Fsp3) is 0.462. The van der Waals surface area contributed by atoms with Gasteiger partial charge in [-0.05, 0) is 38.0 Å². The monoisotopic (exact) mass is 268 g/mol. The molecule has 0 aliphatic carbocycles. The van der Waals surface area contributed by atoms with E-state index in [1.54, 1.807) is 6.07 Å². The Balaban J connectivity index is 1.99. The molecule has 98 valence electrons. The normalized spacial score (nSPS) is 16.9. The number of hydrogen-bond acceptors (Lipinski definition) is 3. The van der Waals surface area contributed by atoms with Crippen molar-refractivity contribution in [2.45, 2.75) is 29.9 Å². The Labute approximate surface area is 111 Å². The van der Waals surface area contributed by atoms with Crippen LogP contribution in [0.4, 0.5) is 10.1 Å². The minimum Gasteiger partial charge on any atom is -0.396 e. The maximum Gasteiger partial charge on any atom is 0.235 e. The number of rotatable bonds is 3. The molecule has 0 aromatic heterocycles. The van der Waals surface area contributed by atoms with E-state index in [4.69, 9.17) is 5.73 Å². The first-order valence-electron chi connectivity index (χ1n) is 6.08. The molecule has 0 bridgehead atoms. The number of anilines is 1. The van der Waals surface area contributed by atoms with E-state index in [1.165, 1.54) is 23.9 Å². The first-order chi connectivity index (χ1) is 8.58. The molecule has 1 aromatic carbocycles. The lowest BCUT2D eigenvalue weighted by molar-refractivity contribution is -0.129. The molecule has 1 aromatic rings. The molecule has 1 fully saturated rings. The van der Waals surface area contributed by atoms with Crippen molar-refractivity contribution in [1.29, 1.82) is 0 Å². The molecule has 1 amide bonds. The minimum absolute atomic E-state index is 0.134. The molecule has 1 aliphatic heterocycles. The molecule has 18 heavy (non-hydrogen) atoms. The van der Waals surface area contributed by atoms with Crippen molar-refractivity contribution in [2.75, 3.05) is 18.8 Å². The topological polar surface area (TPSA) is 46.3 Å². The summed E-state index contributed by atoms with van der Waals surface area (Å²) in [6, 6.07) is 4.66. The highest BCUT2D eigenvalue weighted by Crippen LogP contribution is 2.27. The lowest BCUT2D eigenvalue weighted by atomic mass is 10.3. The fourth-order valence-corrected chi connectivity index (χ4v) is 3.01. The minimum atomic E-state index is -0.430. The van der Waals surface area contributed by atoms with Gasteiger partial charge in [0.25, 0.3) is 0 Å². The van der Waals surface area contributed by atoms with Crippen LogP contribution < -0.4 is 5.73 Å². The van der Waals surface area contributed by atoms with E-state index in [1.807, 2.05) is 11.8 Å². The van der Waals surface area contributed by atoms with Crippen molar-refractivity contribution in [3.05, 3.63) is 24.0 Å². The molecule has 3 nitrogen and oxygen atoms in total. The molecule has 2 N–H and O–H groups in total. The Hall–Kier alpha value is -1.23. The third kappa shape index (κ3) is 2.96. The van der Waals surface area contributed by atoms with Gasteiger partial charge >= 0.3 is 0 Å². The van der Waals surface area contributed by atoms with Crippen molar-refractivity contribution in [3.63, 3.8) is 0 Å². The number of benzene rings is 1. The third-order valence-electron chi connectivity index (χ3n) is 3.05. The van der Waals surface area contributed by atoms with Crippen LogP contribution in [-0.2, 0) is 4.79 Å². The summed E-state index contributed by atoms with van der Waals surface area (Å²) in [7, 11) is 0. The van der Waals surface area contributed by atoms with Crippen molar-refractivity contribution < 1.29 is 9.18 Å². The predicted octanol–water partition coefficient (Wildman–Crippen LogP) is 2.51. The van der Waals surface area contributed by atoms with Crippen LogP contribution in [-0.4, -0.2) is 29.1 Å². The Morgan fingerprint density at radius 2 is 2.11 bits per heavy atom. The highest BCUT2D eigenvalue weighted by Gasteiger charge is 2.23. The molecular formula is C13H17FN2OS. The average molecular weight is 268 g/mol. The van der Waals surface area contributed by atoms with Gasteiger partial charge in [0.2, 0.25) is 5.91 Å². The molecule has 1 unspecified atom stereocenters. The molecule has 1 heterocycles. The Bertz CT molecular complexity index is 447. The number of carbonyl (C=O) groups excluding carboxylic acids is 1. The van der Waals surface area contributed by atoms with Crippen LogP contribution in [0.2, 0.25) is 0 Å². The number of hydrogen-bond donors (Lipinski definition) is 1. The summed E-state index contributed by atoms with van der Waals surface area (Å²) in [4.78, 5) is 14.7. The number of nitrogens with two attached hydrogens (primary N) is 1. The maximum atomic E-state index is 13.3. The van der Waals surface area contributed by atoms with E-state index < -0.39 is 5.82 Å². The van der Waals surface area contributed by atoms with Crippen LogP contribution in [0.25, 0.3) is 0 Å². The van der Waals surface area contributed by atoms with Crippen LogP contribution in [0.5, 0.6) is 0 Å². The molecular weight excluding hydrogens is 251 g/mol. The maximum absolute atomic E-state index is 13.3. The third-order valence-corrected chi connectivity index (χ3v) is 4.13. The van der Waals surface area contributed by atoms with Gasteiger partial charge in [-0.2, -0.15) is 0 Å². The van der Waals surface area contributed by atoms with Gasteiger partial charge in [-0.25, -0.2) is 4.39 Å². The van der Waals surface area contributed by atoms with Gasteiger partial charge in [0.15, 0.2) is 0 Å². The highest BCUT2D eigenvalue weighted by molar-refractivity contribution is 8.00.